The third-order valence-electron chi connectivity index (χ3n) is 3.76. The number of nitrogens with zero attached hydrogens (tertiary/aromatic N) is 3. The SMILES string of the molecule is Cc1ccc2ncc(-c3cccc(-c4ccccc4)c3)n2n1. The summed E-state index contributed by atoms with van der Waals surface area (Å²) in [4.78, 5) is 4.44. The van der Waals surface area contributed by atoms with Crippen LogP contribution in [0.4, 0.5) is 0 Å². The summed E-state index contributed by atoms with van der Waals surface area (Å²) in [6, 6.07) is 22.8. The standard InChI is InChI=1S/C19H15N3/c1-14-10-11-19-20-13-18(22(19)21-14)17-9-5-8-16(12-17)15-6-3-2-4-7-15/h2-13H,1H3. The topological polar surface area (TPSA) is 30.2 Å². The maximum atomic E-state index is 4.57. The molecule has 3 heteroatoms. The van der Waals surface area contributed by atoms with Gasteiger partial charge in [0.2, 0.25) is 0 Å². The molecule has 0 N–H and O–H groups in total. The summed E-state index contributed by atoms with van der Waals surface area (Å²) in [5, 5.41) is 4.57. The average molecular weight is 285 g/mol. The van der Waals surface area contributed by atoms with Crippen LogP contribution in [0, 0.1) is 6.92 Å². The molecule has 0 fully saturated rings. The van der Waals surface area contributed by atoms with Gasteiger partial charge in [-0.1, -0.05) is 48.5 Å². The molecule has 22 heavy (non-hydrogen) atoms. The van der Waals surface area contributed by atoms with E-state index in [9.17, 15) is 0 Å². The molecule has 106 valence electrons. The molecule has 0 radical (unpaired) electrons. The zero-order chi connectivity index (χ0) is 14.9. The van der Waals surface area contributed by atoms with Crippen LogP contribution >= 0.6 is 0 Å². The fraction of sp³-hybridized carbons (Fsp3) is 0.0526. The van der Waals surface area contributed by atoms with Crippen molar-refractivity contribution in [1.29, 1.82) is 0 Å². The van der Waals surface area contributed by atoms with E-state index in [-0.39, 0.29) is 0 Å². The van der Waals surface area contributed by atoms with E-state index in [4.69, 9.17) is 0 Å². The molecule has 0 aliphatic rings. The van der Waals surface area contributed by atoms with E-state index in [1.807, 2.05) is 35.8 Å². The minimum Gasteiger partial charge on any atom is -0.235 e. The second-order valence-corrected chi connectivity index (χ2v) is 5.33. The van der Waals surface area contributed by atoms with Crippen molar-refractivity contribution < 1.29 is 0 Å². The molecule has 2 aromatic carbocycles. The zero-order valence-corrected chi connectivity index (χ0v) is 12.3. The van der Waals surface area contributed by atoms with E-state index in [0.29, 0.717) is 0 Å². The van der Waals surface area contributed by atoms with Crippen LogP contribution in [0.3, 0.4) is 0 Å². The van der Waals surface area contributed by atoms with Crippen molar-refractivity contribution in [1.82, 2.24) is 14.6 Å². The first kappa shape index (κ1) is 12.8. The Morgan fingerprint density at radius 1 is 0.773 bits per heavy atom. The number of imidazole rings is 1. The van der Waals surface area contributed by atoms with Crippen LogP contribution in [0.2, 0.25) is 0 Å². The van der Waals surface area contributed by atoms with Crippen molar-refractivity contribution in [3.05, 3.63) is 78.6 Å². The van der Waals surface area contributed by atoms with Crippen LogP contribution in [0.1, 0.15) is 5.69 Å². The summed E-state index contributed by atoms with van der Waals surface area (Å²) < 4.78 is 1.90. The van der Waals surface area contributed by atoms with Crippen LogP contribution < -0.4 is 0 Å². The van der Waals surface area contributed by atoms with Crippen molar-refractivity contribution >= 4 is 5.65 Å². The van der Waals surface area contributed by atoms with Crippen LogP contribution in [0.15, 0.2) is 72.9 Å². The van der Waals surface area contributed by atoms with E-state index in [1.165, 1.54) is 11.1 Å². The summed E-state index contributed by atoms with van der Waals surface area (Å²) in [6.07, 6.45) is 1.88. The quantitative estimate of drug-likeness (QED) is 0.547. The number of fused-ring (bicyclic) bond motifs is 1. The van der Waals surface area contributed by atoms with Crippen LogP contribution in [0.25, 0.3) is 28.0 Å². The second-order valence-electron chi connectivity index (χ2n) is 5.33. The van der Waals surface area contributed by atoms with Gasteiger partial charge in [0.1, 0.15) is 0 Å². The molecular weight excluding hydrogens is 270 g/mol. The van der Waals surface area contributed by atoms with Gasteiger partial charge in [-0.25, -0.2) is 9.50 Å². The number of hydrogen-bond donors (Lipinski definition) is 0. The lowest BCUT2D eigenvalue weighted by Gasteiger charge is -2.06. The highest BCUT2D eigenvalue weighted by Gasteiger charge is 2.08. The van der Waals surface area contributed by atoms with Crippen molar-refractivity contribution in [3.63, 3.8) is 0 Å². The summed E-state index contributed by atoms with van der Waals surface area (Å²) >= 11 is 0. The number of hydrogen-bond acceptors (Lipinski definition) is 2. The Kier molecular flexibility index (Phi) is 2.97. The minimum absolute atomic E-state index is 0.866. The Morgan fingerprint density at radius 3 is 2.41 bits per heavy atom. The molecule has 0 aliphatic carbocycles. The van der Waals surface area contributed by atoms with Crippen molar-refractivity contribution in [3.8, 4) is 22.4 Å². The molecule has 0 amide bonds. The van der Waals surface area contributed by atoms with Gasteiger partial charge >= 0.3 is 0 Å². The van der Waals surface area contributed by atoms with Gasteiger partial charge in [-0.15, -0.1) is 0 Å². The lowest BCUT2D eigenvalue weighted by atomic mass is 10.0. The second kappa shape index (κ2) is 5.11. The normalized spacial score (nSPS) is 11.0. The summed E-state index contributed by atoms with van der Waals surface area (Å²) in [7, 11) is 0. The predicted octanol–water partition coefficient (Wildman–Crippen LogP) is 4.37. The smallest absolute Gasteiger partial charge is 0.154 e. The monoisotopic (exact) mass is 285 g/mol. The first-order valence-electron chi connectivity index (χ1n) is 7.28. The number of aryl methyl sites for hydroxylation is 1. The maximum Gasteiger partial charge on any atom is 0.154 e. The molecule has 0 saturated heterocycles. The van der Waals surface area contributed by atoms with E-state index < -0.39 is 0 Å². The van der Waals surface area contributed by atoms with E-state index in [2.05, 4.69) is 58.6 Å². The number of rotatable bonds is 2. The highest BCUT2D eigenvalue weighted by molar-refractivity contribution is 5.72. The Hall–Kier alpha value is -2.94. The van der Waals surface area contributed by atoms with E-state index >= 15 is 0 Å². The zero-order valence-electron chi connectivity index (χ0n) is 12.3. The molecule has 4 aromatic rings. The van der Waals surface area contributed by atoms with Gasteiger partial charge in [-0.3, -0.25) is 0 Å². The third kappa shape index (κ3) is 2.17. The van der Waals surface area contributed by atoms with Crippen LogP contribution in [0.5, 0.6) is 0 Å². The lowest BCUT2D eigenvalue weighted by Crippen LogP contribution is -1.96. The summed E-state index contributed by atoms with van der Waals surface area (Å²) in [5.74, 6) is 0. The summed E-state index contributed by atoms with van der Waals surface area (Å²) in [6.45, 7) is 1.99. The molecule has 0 saturated carbocycles. The molecule has 3 nitrogen and oxygen atoms in total. The van der Waals surface area contributed by atoms with E-state index in [1.54, 1.807) is 0 Å². The van der Waals surface area contributed by atoms with Gasteiger partial charge in [0.15, 0.2) is 5.65 Å². The third-order valence-corrected chi connectivity index (χ3v) is 3.76. The fourth-order valence-electron chi connectivity index (χ4n) is 2.65. The average Bonchev–Trinajstić information content (AvgIpc) is 2.99. The van der Waals surface area contributed by atoms with Gasteiger partial charge < -0.3 is 0 Å². The largest absolute Gasteiger partial charge is 0.235 e. The van der Waals surface area contributed by atoms with Gasteiger partial charge in [-0.2, -0.15) is 5.10 Å². The highest BCUT2D eigenvalue weighted by Crippen LogP contribution is 2.26. The van der Waals surface area contributed by atoms with Crippen molar-refractivity contribution in [2.75, 3.05) is 0 Å². The van der Waals surface area contributed by atoms with Gasteiger partial charge in [0.25, 0.3) is 0 Å². The number of benzene rings is 2. The molecular formula is C19H15N3. The molecule has 0 bridgehead atoms. The van der Waals surface area contributed by atoms with Gasteiger partial charge in [-0.05, 0) is 36.2 Å². The summed E-state index contributed by atoms with van der Waals surface area (Å²) in [5.41, 5.74) is 6.38. The van der Waals surface area contributed by atoms with Gasteiger partial charge in [0.05, 0.1) is 17.6 Å². The predicted molar refractivity (Wildman–Crippen MR) is 88.6 cm³/mol. The molecule has 0 spiro atoms. The Morgan fingerprint density at radius 2 is 1.55 bits per heavy atom. The molecule has 4 rings (SSSR count). The first-order chi connectivity index (χ1) is 10.8. The van der Waals surface area contributed by atoms with Crippen molar-refractivity contribution in [2.24, 2.45) is 0 Å². The number of aromatic nitrogens is 3. The van der Waals surface area contributed by atoms with Crippen molar-refractivity contribution in [2.45, 2.75) is 6.92 Å². The molecule has 0 unspecified atom stereocenters. The molecule has 2 aromatic heterocycles. The Bertz CT molecular complexity index is 939. The molecule has 0 atom stereocenters. The van der Waals surface area contributed by atoms with Crippen LogP contribution in [-0.4, -0.2) is 14.6 Å². The Balaban J connectivity index is 1.87. The first-order valence-corrected chi connectivity index (χ1v) is 7.28. The fourth-order valence-corrected chi connectivity index (χ4v) is 2.65. The lowest BCUT2D eigenvalue weighted by molar-refractivity contribution is 0.907. The van der Waals surface area contributed by atoms with E-state index in [0.717, 1.165) is 22.6 Å². The Labute approximate surface area is 128 Å². The highest BCUT2D eigenvalue weighted by atomic mass is 15.3. The van der Waals surface area contributed by atoms with Crippen LogP contribution in [-0.2, 0) is 0 Å². The van der Waals surface area contributed by atoms with Gasteiger partial charge in [0, 0.05) is 5.56 Å². The maximum absolute atomic E-state index is 4.57. The minimum atomic E-state index is 0.866. The molecule has 0 aliphatic heterocycles. The molecule has 2 heterocycles.